The van der Waals surface area contributed by atoms with Gasteiger partial charge in [-0.1, -0.05) is 0 Å². The zero-order chi connectivity index (χ0) is 8.15. The summed E-state index contributed by atoms with van der Waals surface area (Å²) in [4.78, 5) is 12.4. The molecule has 1 atom stereocenters. The van der Waals surface area contributed by atoms with E-state index in [0.29, 0.717) is 6.54 Å². The lowest BCUT2D eigenvalue weighted by molar-refractivity contribution is 0.197. The molecule has 4 nitrogen and oxygen atoms in total. The Morgan fingerprint density at radius 3 is 2.60 bits per heavy atom. The van der Waals surface area contributed by atoms with E-state index in [1.54, 1.807) is 19.0 Å². The summed E-state index contributed by atoms with van der Waals surface area (Å²) < 4.78 is 0. The predicted molar refractivity (Wildman–Crippen MR) is 40.7 cm³/mol. The molecule has 3 N–H and O–H groups in total. The van der Waals surface area contributed by atoms with Gasteiger partial charge in [0.1, 0.15) is 0 Å². The van der Waals surface area contributed by atoms with E-state index in [9.17, 15) is 4.79 Å². The minimum Gasteiger partial charge on any atom is -0.341 e. The number of hydrogen-bond acceptors (Lipinski definition) is 2. The Kier molecular flexibility index (Phi) is 3.79. The smallest absolute Gasteiger partial charge is 0.317 e. The van der Waals surface area contributed by atoms with Gasteiger partial charge in [-0.3, -0.25) is 0 Å². The van der Waals surface area contributed by atoms with E-state index in [1.807, 2.05) is 6.92 Å². The third kappa shape index (κ3) is 2.23. The van der Waals surface area contributed by atoms with Crippen molar-refractivity contribution in [3.05, 3.63) is 0 Å². The van der Waals surface area contributed by atoms with Gasteiger partial charge in [-0.2, -0.15) is 0 Å². The molecule has 0 aliphatic carbocycles. The van der Waals surface area contributed by atoms with E-state index in [0.717, 1.165) is 0 Å². The molecule has 0 aliphatic heterocycles. The normalized spacial score (nSPS) is 12.4. The molecule has 0 saturated heterocycles. The topological polar surface area (TPSA) is 58.4 Å². The van der Waals surface area contributed by atoms with Crippen LogP contribution in [0.25, 0.3) is 0 Å². The Hall–Kier alpha value is -0.770. The second-order valence-corrected chi connectivity index (χ2v) is 2.25. The zero-order valence-electron chi connectivity index (χ0n) is 6.72. The molecule has 60 valence electrons. The molecule has 0 aromatic rings. The summed E-state index contributed by atoms with van der Waals surface area (Å²) in [5, 5.41) is 2.51. The third-order valence-electron chi connectivity index (χ3n) is 1.54. The van der Waals surface area contributed by atoms with Crippen LogP contribution in [0.15, 0.2) is 0 Å². The first kappa shape index (κ1) is 9.23. The van der Waals surface area contributed by atoms with Crippen LogP contribution in [-0.4, -0.2) is 37.6 Å². The van der Waals surface area contributed by atoms with E-state index < -0.39 is 0 Å². The van der Waals surface area contributed by atoms with Crippen LogP contribution >= 0.6 is 0 Å². The number of nitrogens with zero attached hydrogens (tertiary/aromatic N) is 1. The van der Waals surface area contributed by atoms with Crippen LogP contribution in [0, 0.1) is 0 Å². The lowest BCUT2D eigenvalue weighted by atomic mass is 10.3. The van der Waals surface area contributed by atoms with Crippen LogP contribution in [0.4, 0.5) is 4.79 Å². The third-order valence-corrected chi connectivity index (χ3v) is 1.54. The second-order valence-electron chi connectivity index (χ2n) is 2.25. The quantitative estimate of drug-likeness (QED) is 0.555. The van der Waals surface area contributed by atoms with Crippen molar-refractivity contribution in [2.24, 2.45) is 5.73 Å². The van der Waals surface area contributed by atoms with Crippen molar-refractivity contribution < 1.29 is 4.79 Å². The summed E-state index contributed by atoms with van der Waals surface area (Å²) in [5.74, 6) is 0. The minimum atomic E-state index is -0.0991. The number of urea groups is 1. The maximum absolute atomic E-state index is 10.9. The van der Waals surface area contributed by atoms with Crippen molar-refractivity contribution in [1.29, 1.82) is 0 Å². The van der Waals surface area contributed by atoms with E-state index >= 15 is 0 Å². The largest absolute Gasteiger partial charge is 0.341 e. The van der Waals surface area contributed by atoms with Crippen LogP contribution in [0.5, 0.6) is 0 Å². The van der Waals surface area contributed by atoms with Crippen LogP contribution in [0.1, 0.15) is 6.92 Å². The van der Waals surface area contributed by atoms with E-state index in [2.05, 4.69) is 5.32 Å². The number of amides is 2. The first-order valence-electron chi connectivity index (χ1n) is 3.28. The van der Waals surface area contributed by atoms with Gasteiger partial charge in [0.05, 0.1) is 0 Å². The Morgan fingerprint density at radius 2 is 2.30 bits per heavy atom. The van der Waals surface area contributed by atoms with Gasteiger partial charge in [0.2, 0.25) is 0 Å². The lowest BCUT2D eigenvalue weighted by Crippen LogP contribution is -2.44. The fraction of sp³-hybridized carbons (Fsp3) is 0.833. The van der Waals surface area contributed by atoms with Gasteiger partial charge in [-0.25, -0.2) is 4.79 Å². The molecule has 0 spiro atoms. The molecule has 0 fully saturated rings. The summed E-state index contributed by atoms with van der Waals surface area (Å²) in [7, 11) is 3.32. The number of nitrogens with one attached hydrogen (secondary N) is 1. The highest BCUT2D eigenvalue weighted by molar-refractivity contribution is 5.73. The van der Waals surface area contributed by atoms with E-state index in [-0.39, 0.29) is 12.1 Å². The number of carbonyl (C=O) groups excluding carboxylic acids is 1. The van der Waals surface area contributed by atoms with Gasteiger partial charge in [0, 0.05) is 26.7 Å². The highest BCUT2D eigenvalue weighted by Crippen LogP contribution is 1.91. The highest BCUT2D eigenvalue weighted by Gasteiger charge is 2.11. The van der Waals surface area contributed by atoms with Crippen molar-refractivity contribution in [2.45, 2.75) is 13.0 Å². The highest BCUT2D eigenvalue weighted by atomic mass is 16.2. The summed E-state index contributed by atoms with van der Waals surface area (Å²) >= 11 is 0. The van der Waals surface area contributed by atoms with Crippen LogP contribution in [-0.2, 0) is 0 Å². The fourth-order valence-electron chi connectivity index (χ4n) is 0.535. The Bertz CT molecular complexity index is 116. The standard InChI is InChI=1S/C6H15N3O/c1-5(4-7)9(3)6(10)8-2/h5H,4,7H2,1-3H3,(H,8,10)/t5-/m1/s1. The van der Waals surface area contributed by atoms with Crippen molar-refractivity contribution in [1.82, 2.24) is 10.2 Å². The van der Waals surface area contributed by atoms with Gasteiger partial charge in [-0.05, 0) is 6.92 Å². The number of carbonyl (C=O) groups is 1. The molecule has 0 bridgehead atoms. The SMILES string of the molecule is CNC(=O)N(C)[C@H](C)CN. The first-order chi connectivity index (χ1) is 4.63. The molecular formula is C6H15N3O. The molecule has 0 aliphatic rings. The molecule has 0 aromatic heterocycles. The number of nitrogens with two attached hydrogens (primary N) is 1. The molecule has 2 amide bonds. The van der Waals surface area contributed by atoms with Gasteiger partial charge >= 0.3 is 6.03 Å². The van der Waals surface area contributed by atoms with Gasteiger partial charge < -0.3 is 16.0 Å². The molecule has 0 saturated carbocycles. The second kappa shape index (κ2) is 4.11. The molecular weight excluding hydrogens is 130 g/mol. The molecule has 0 rings (SSSR count). The minimum absolute atomic E-state index is 0.0972. The van der Waals surface area contributed by atoms with Gasteiger partial charge in [0.25, 0.3) is 0 Å². The lowest BCUT2D eigenvalue weighted by Gasteiger charge is -2.22. The molecule has 10 heavy (non-hydrogen) atoms. The van der Waals surface area contributed by atoms with Gasteiger partial charge in [-0.15, -0.1) is 0 Å². The average molecular weight is 145 g/mol. The number of likely N-dealkylation sites (N-methyl/N-ethyl adjacent to an activating group) is 1. The Balaban J connectivity index is 3.81. The Labute approximate surface area is 61.4 Å². The molecule has 0 aromatic carbocycles. The van der Waals surface area contributed by atoms with E-state index in [4.69, 9.17) is 5.73 Å². The zero-order valence-corrected chi connectivity index (χ0v) is 6.72. The average Bonchev–Trinajstić information content (AvgIpc) is 2.00. The van der Waals surface area contributed by atoms with Crippen molar-refractivity contribution in [2.75, 3.05) is 20.6 Å². The van der Waals surface area contributed by atoms with Gasteiger partial charge in [0.15, 0.2) is 0 Å². The van der Waals surface area contributed by atoms with Crippen molar-refractivity contribution in [3.8, 4) is 0 Å². The summed E-state index contributed by atoms with van der Waals surface area (Å²) in [6.45, 7) is 2.39. The maximum atomic E-state index is 10.9. The summed E-state index contributed by atoms with van der Waals surface area (Å²) in [6, 6.07) is -0.00194. The molecule has 4 heteroatoms. The number of rotatable bonds is 2. The van der Waals surface area contributed by atoms with Crippen LogP contribution in [0.3, 0.4) is 0 Å². The summed E-state index contributed by atoms with van der Waals surface area (Å²) in [6.07, 6.45) is 0. The first-order valence-corrected chi connectivity index (χ1v) is 3.28. The van der Waals surface area contributed by atoms with Crippen molar-refractivity contribution in [3.63, 3.8) is 0 Å². The summed E-state index contributed by atoms with van der Waals surface area (Å²) in [5.41, 5.74) is 5.34. The molecule has 0 unspecified atom stereocenters. The fourth-order valence-corrected chi connectivity index (χ4v) is 0.535. The van der Waals surface area contributed by atoms with E-state index in [1.165, 1.54) is 0 Å². The Morgan fingerprint density at radius 1 is 1.80 bits per heavy atom. The number of hydrogen-bond donors (Lipinski definition) is 2. The van der Waals surface area contributed by atoms with Crippen molar-refractivity contribution >= 4 is 6.03 Å². The molecule has 0 heterocycles. The van der Waals surface area contributed by atoms with Crippen LogP contribution in [0.2, 0.25) is 0 Å². The maximum Gasteiger partial charge on any atom is 0.317 e. The predicted octanol–water partition coefficient (Wildman–Crippen LogP) is -0.395. The monoisotopic (exact) mass is 145 g/mol. The van der Waals surface area contributed by atoms with Crippen LogP contribution < -0.4 is 11.1 Å². The molecule has 0 radical (unpaired) electrons.